The Hall–Kier alpha value is -1.36. The third-order valence-corrected chi connectivity index (χ3v) is 9.09. The highest BCUT2D eigenvalue weighted by Gasteiger charge is 2.64. The zero-order valence-corrected chi connectivity index (χ0v) is 16.5. The van der Waals surface area contributed by atoms with Gasteiger partial charge in [0.1, 0.15) is 5.60 Å². The van der Waals surface area contributed by atoms with Gasteiger partial charge >= 0.3 is 0 Å². The minimum Gasteiger partial charge on any atom is -0.383 e. The lowest BCUT2D eigenvalue weighted by Crippen LogP contribution is -2.57. The molecule has 26 heavy (non-hydrogen) atoms. The van der Waals surface area contributed by atoms with E-state index >= 15 is 0 Å². The SMILES string of the molecule is C/C(=N/N)[C@@]1(O)CC[C@H]2[C@@H]3CCC4=C/C(=N/N)CC[C@]4(C)[C@H]3CC[C@@]21C. The minimum absolute atomic E-state index is 0.1000. The second-order valence-electron chi connectivity index (χ2n) is 9.69. The molecule has 5 heteroatoms. The summed E-state index contributed by atoms with van der Waals surface area (Å²) in [6.45, 7) is 6.67. The molecule has 0 bridgehead atoms. The van der Waals surface area contributed by atoms with Gasteiger partial charge in [0, 0.05) is 5.41 Å². The fourth-order valence-corrected chi connectivity index (χ4v) is 7.39. The maximum absolute atomic E-state index is 11.5. The van der Waals surface area contributed by atoms with Gasteiger partial charge in [0.2, 0.25) is 0 Å². The fourth-order valence-electron chi connectivity index (χ4n) is 7.39. The van der Waals surface area contributed by atoms with E-state index in [9.17, 15) is 5.11 Å². The second kappa shape index (κ2) is 5.82. The Bertz CT molecular complexity index is 698. The number of aliphatic hydroxyl groups is 1. The van der Waals surface area contributed by atoms with E-state index in [0.29, 0.717) is 23.5 Å². The van der Waals surface area contributed by atoms with E-state index in [-0.39, 0.29) is 10.8 Å². The van der Waals surface area contributed by atoms with Crippen molar-refractivity contribution in [2.24, 2.45) is 50.5 Å². The monoisotopic (exact) mass is 358 g/mol. The number of rotatable bonds is 1. The Labute approximate surface area is 157 Å². The summed E-state index contributed by atoms with van der Waals surface area (Å²) in [5.74, 6) is 13.1. The highest BCUT2D eigenvalue weighted by molar-refractivity contribution is 5.96. The molecule has 0 aromatic rings. The highest BCUT2D eigenvalue weighted by atomic mass is 16.3. The first-order chi connectivity index (χ1) is 12.3. The molecule has 6 atom stereocenters. The van der Waals surface area contributed by atoms with Crippen molar-refractivity contribution in [1.82, 2.24) is 0 Å². The zero-order chi connectivity index (χ0) is 18.7. The van der Waals surface area contributed by atoms with Crippen molar-refractivity contribution < 1.29 is 5.11 Å². The van der Waals surface area contributed by atoms with Crippen molar-refractivity contribution in [3.05, 3.63) is 11.6 Å². The summed E-state index contributed by atoms with van der Waals surface area (Å²) in [5, 5.41) is 19.4. The van der Waals surface area contributed by atoms with Gasteiger partial charge in [0.15, 0.2) is 0 Å². The Balaban J connectivity index is 1.68. The molecule has 0 heterocycles. The summed E-state index contributed by atoms with van der Waals surface area (Å²) < 4.78 is 0. The summed E-state index contributed by atoms with van der Waals surface area (Å²) in [6.07, 6.45) is 10.9. The Morgan fingerprint density at radius 2 is 1.81 bits per heavy atom. The molecule has 0 radical (unpaired) electrons. The summed E-state index contributed by atoms with van der Waals surface area (Å²) in [6, 6.07) is 0. The summed E-state index contributed by atoms with van der Waals surface area (Å²) in [7, 11) is 0. The average Bonchev–Trinajstić information content (AvgIpc) is 2.92. The first-order valence-electron chi connectivity index (χ1n) is 10.3. The number of hydrogen-bond donors (Lipinski definition) is 3. The highest BCUT2D eigenvalue weighted by Crippen LogP contribution is 2.67. The maximum atomic E-state index is 11.5. The third-order valence-electron chi connectivity index (χ3n) is 9.09. The van der Waals surface area contributed by atoms with Gasteiger partial charge in [-0.15, -0.1) is 0 Å². The lowest BCUT2D eigenvalue weighted by atomic mass is 9.46. The quantitative estimate of drug-likeness (QED) is 0.381. The molecule has 0 amide bonds. The van der Waals surface area contributed by atoms with Crippen LogP contribution in [0.5, 0.6) is 0 Å². The van der Waals surface area contributed by atoms with Gasteiger partial charge in [-0.25, -0.2) is 0 Å². The predicted molar refractivity (Wildman–Crippen MR) is 106 cm³/mol. The molecule has 0 spiro atoms. The first kappa shape index (κ1) is 18.0. The number of allylic oxidation sites excluding steroid dienone is 2. The van der Waals surface area contributed by atoms with E-state index < -0.39 is 5.60 Å². The molecule has 4 rings (SSSR count). The number of hydrogen-bond acceptors (Lipinski definition) is 5. The molecule has 144 valence electrons. The Morgan fingerprint density at radius 1 is 1.08 bits per heavy atom. The lowest BCUT2D eigenvalue weighted by Gasteiger charge is -2.59. The number of fused-ring (bicyclic) bond motifs is 5. The van der Waals surface area contributed by atoms with Crippen LogP contribution < -0.4 is 11.7 Å². The Morgan fingerprint density at radius 3 is 2.50 bits per heavy atom. The molecule has 0 saturated heterocycles. The van der Waals surface area contributed by atoms with Gasteiger partial charge in [0.25, 0.3) is 0 Å². The van der Waals surface area contributed by atoms with Crippen molar-refractivity contribution in [2.75, 3.05) is 0 Å². The van der Waals surface area contributed by atoms with Crippen LogP contribution in [0.2, 0.25) is 0 Å². The third kappa shape index (κ3) is 2.12. The van der Waals surface area contributed by atoms with E-state index in [1.54, 1.807) is 5.57 Å². The zero-order valence-electron chi connectivity index (χ0n) is 16.5. The van der Waals surface area contributed by atoms with Crippen molar-refractivity contribution in [3.8, 4) is 0 Å². The van der Waals surface area contributed by atoms with Crippen LogP contribution in [0.1, 0.15) is 72.1 Å². The van der Waals surface area contributed by atoms with Crippen LogP contribution in [0, 0.1) is 28.6 Å². The molecule has 5 N–H and O–H groups in total. The molecule has 0 unspecified atom stereocenters. The van der Waals surface area contributed by atoms with Gasteiger partial charge in [-0.3, -0.25) is 0 Å². The van der Waals surface area contributed by atoms with Crippen molar-refractivity contribution in [2.45, 2.75) is 77.7 Å². The second-order valence-corrected chi connectivity index (χ2v) is 9.69. The molecule has 3 saturated carbocycles. The van der Waals surface area contributed by atoms with E-state index in [1.807, 2.05) is 6.92 Å². The number of nitrogens with two attached hydrogens (primary N) is 2. The molecule has 0 aromatic carbocycles. The van der Waals surface area contributed by atoms with Gasteiger partial charge in [-0.2, -0.15) is 10.2 Å². The Kier molecular flexibility index (Phi) is 4.03. The van der Waals surface area contributed by atoms with Crippen LogP contribution in [0.3, 0.4) is 0 Å². The molecule has 4 aliphatic carbocycles. The van der Waals surface area contributed by atoms with Gasteiger partial charge in [-0.05, 0) is 87.5 Å². The van der Waals surface area contributed by atoms with Crippen LogP contribution >= 0.6 is 0 Å². The van der Waals surface area contributed by atoms with Gasteiger partial charge in [-0.1, -0.05) is 19.4 Å². The molecular formula is C21H34N4O. The van der Waals surface area contributed by atoms with Crippen molar-refractivity contribution in [1.29, 1.82) is 0 Å². The fraction of sp³-hybridized carbons (Fsp3) is 0.810. The van der Waals surface area contributed by atoms with Gasteiger partial charge in [0.05, 0.1) is 11.4 Å². The first-order valence-corrected chi connectivity index (χ1v) is 10.3. The average molecular weight is 359 g/mol. The molecule has 3 fully saturated rings. The normalized spacial score (nSPS) is 50.0. The summed E-state index contributed by atoms with van der Waals surface area (Å²) in [4.78, 5) is 0. The molecule has 4 aliphatic rings. The predicted octanol–water partition coefficient (Wildman–Crippen LogP) is 3.33. The maximum Gasteiger partial charge on any atom is 0.110 e. The molecule has 5 nitrogen and oxygen atoms in total. The molecular weight excluding hydrogens is 324 g/mol. The standard InChI is InChI=1S/C21H34N4O/c1-13(24-22)21(26)11-8-18-16-5-4-14-12-15(25-23)6-9-19(14,2)17(16)7-10-20(18,21)3/h12,16-18,26H,4-11,22-23H2,1-3H3/b24-13-,25-15+/t16-,17+,18+,19+,20+,21+/m1/s1. The molecule has 0 aliphatic heterocycles. The van der Waals surface area contributed by atoms with Crippen LogP contribution in [0.4, 0.5) is 0 Å². The van der Waals surface area contributed by atoms with Crippen LogP contribution in [0.15, 0.2) is 21.9 Å². The van der Waals surface area contributed by atoms with Crippen LogP contribution in [-0.2, 0) is 0 Å². The molecule has 0 aromatic heterocycles. The summed E-state index contributed by atoms with van der Waals surface area (Å²) in [5.41, 5.74) is 2.67. The van der Waals surface area contributed by atoms with Crippen molar-refractivity contribution >= 4 is 11.4 Å². The van der Waals surface area contributed by atoms with E-state index in [2.05, 4.69) is 30.1 Å². The van der Waals surface area contributed by atoms with E-state index in [1.165, 1.54) is 12.8 Å². The summed E-state index contributed by atoms with van der Waals surface area (Å²) >= 11 is 0. The van der Waals surface area contributed by atoms with Crippen LogP contribution in [0.25, 0.3) is 0 Å². The lowest BCUT2D eigenvalue weighted by molar-refractivity contribution is -0.0945. The number of hydrazone groups is 2. The van der Waals surface area contributed by atoms with E-state index in [4.69, 9.17) is 11.7 Å². The van der Waals surface area contributed by atoms with Crippen LogP contribution in [-0.4, -0.2) is 22.1 Å². The van der Waals surface area contributed by atoms with E-state index in [0.717, 1.165) is 44.2 Å². The smallest absolute Gasteiger partial charge is 0.110 e. The van der Waals surface area contributed by atoms with Gasteiger partial charge < -0.3 is 16.8 Å². The minimum atomic E-state index is -0.833. The number of nitrogens with zero attached hydrogens (tertiary/aromatic N) is 2. The van der Waals surface area contributed by atoms with Crippen molar-refractivity contribution in [3.63, 3.8) is 0 Å². The topological polar surface area (TPSA) is 97.0 Å². The largest absolute Gasteiger partial charge is 0.383 e.